The van der Waals surface area contributed by atoms with Crippen molar-refractivity contribution in [3.05, 3.63) is 106 Å². The topological polar surface area (TPSA) is 95.5 Å². The Labute approximate surface area is 188 Å². The van der Waals surface area contributed by atoms with Gasteiger partial charge in [0.05, 0.1) is 10.4 Å². The zero-order chi connectivity index (χ0) is 22.5. The Balaban J connectivity index is 1.53. The summed E-state index contributed by atoms with van der Waals surface area (Å²) in [6, 6.07) is 23.8. The molecular formula is C25H18N2O4S. The summed E-state index contributed by atoms with van der Waals surface area (Å²) in [6.45, 7) is 0. The van der Waals surface area contributed by atoms with Crippen molar-refractivity contribution in [3.63, 3.8) is 0 Å². The van der Waals surface area contributed by atoms with Crippen LogP contribution in [0.1, 0.15) is 30.4 Å². The average Bonchev–Trinajstić information content (AvgIpc) is 3.35. The molecule has 2 amide bonds. The van der Waals surface area contributed by atoms with Gasteiger partial charge in [0.15, 0.2) is 0 Å². The average molecular weight is 442 g/mol. The highest BCUT2D eigenvalue weighted by molar-refractivity contribution is 7.12. The van der Waals surface area contributed by atoms with Gasteiger partial charge in [-0.3, -0.25) is 9.59 Å². The number of hydrogen-bond acceptors (Lipinski definition) is 4. The van der Waals surface area contributed by atoms with E-state index in [0.717, 1.165) is 0 Å². The van der Waals surface area contributed by atoms with Crippen LogP contribution in [0, 0.1) is 0 Å². The molecule has 0 unspecified atom stereocenters. The number of aromatic carboxylic acids is 1. The molecular weight excluding hydrogens is 424 g/mol. The van der Waals surface area contributed by atoms with Crippen molar-refractivity contribution in [2.24, 2.45) is 0 Å². The minimum Gasteiger partial charge on any atom is -0.478 e. The van der Waals surface area contributed by atoms with Gasteiger partial charge >= 0.3 is 5.97 Å². The van der Waals surface area contributed by atoms with Gasteiger partial charge in [0.1, 0.15) is 0 Å². The molecule has 3 N–H and O–H groups in total. The second kappa shape index (κ2) is 9.28. The van der Waals surface area contributed by atoms with Crippen LogP contribution >= 0.6 is 11.3 Å². The highest BCUT2D eigenvalue weighted by Gasteiger charge is 2.17. The van der Waals surface area contributed by atoms with E-state index in [1.807, 2.05) is 11.4 Å². The quantitative estimate of drug-likeness (QED) is 0.361. The van der Waals surface area contributed by atoms with Gasteiger partial charge in [-0.1, -0.05) is 42.5 Å². The van der Waals surface area contributed by atoms with Crippen LogP contribution in [0.3, 0.4) is 0 Å². The summed E-state index contributed by atoms with van der Waals surface area (Å²) in [7, 11) is 0. The van der Waals surface area contributed by atoms with Crippen molar-refractivity contribution >= 4 is 40.5 Å². The smallest absolute Gasteiger partial charge is 0.336 e. The third kappa shape index (κ3) is 4.58. The minimum absolute atomic E-state index is 0.124. The zero-order valence-corrected chi connectivity index (χ0v) is 17.6. The molecule has 6 nitrogen and oxygen atoms in total. The molecule has 0 bridgehead atoms. The highest BCUT2D eigenvalue weighted by atomic mass is 32.1. The van der Waals surface area contributed by atoms with E-state index >= 15 is 0 Å². The summed E-state index contributed by atoms with van der Waals surface area (Å²) >= 11 is 1.36. The molecule has 4 aromatic rings. The molecule has 32 heavy (non-hydrogen) atoms. The summed E-state index contributed by atoms with van der Waals surface area (Å²) in [4.78, 5) is 37.4. The van der Waals surface area contributed by atoms with Crippen LogP contribution < -0.4 is 10.6 Å². The molecule has 7 heteroatoms. The van der Waals surface area contributed by atoms with E-state index in [9.17, 15) is 19.5 Å². The molecule has 0 aliphatic heterocycles. The first kappa shape index (κ1) is 21.0. The Morgan fingerprint density at radius 1 is 0.625 bits per heavy atom. The lowest BCUT2D eigenvalue weighted by Gasteiger charge is -2.13. The number of carbonyl (C=O) groups is 3. The van der Waals surface area contributed by atoms with Gasteiger partial charge in [0, 0.05) is 16.9 Å². The Morgan fingerprint density at radius 2 is 1.16 bits per heavy atom. The Bertz CT molecular complexity index is 1280. The molecule has 1 aromatic heterocycles. The number of amides is 2. The van der Waals surface area contributed by atoms with Gasteiger partial charge in [0.25, 0.3) is 11.8 Å². The van der Waals surface area contributed by atoms with Crippen LogP contribution in [0.4, 0.5) is 11.4 Å². The molecule has 0 saturated heterocycles. The van der Waals surface area contributed by atoms with Crippen LogP contribution in [0.25, 0.3) is 11.1 Å². The number of thiophene rings is 1. The lowest BCUT2D eigenvalue weighted by Crippen LogP contribution is -2.14. The van der Waals surface area contributed by atoms with Crippen molar-refractivity contribution in [1.82, 2.24) is 0 Å². The largest absolute Gasteiger partial charge is 0.478 e. The van der Waals surface area contributed by atoms with Gasteiger partial charge in [-0.15, -0.1) is 11.3 Å². The number of hydrogen-bond donors (Lipinski definition) is 3. The van der Waals surface area contributed by atoms with Gasteiger partial charge < -0.3 is 15.7 Å². The van der Waals surface area contributed by atoms with Crippen molar-refractivity contribution in [2.75, 3.05) is 10.6 Å². The Kier molecular flexibility index (Phi) is 6.10. The molecule has 0 atom stereocenters. The van der Waals surface area contributed by atoms with E-state index < -0.39 is 5.97 Å². The Hall–Kier alpha value is -4.23. The summed E-state index contributed by atoms with van der Waals surface area (Å²) in [5.41, 5.74) is 2.64. The van der Waals surface area contributed by atoms with E-state index in [1.54, 1.807) is 72.8 Å². The number of rotatable bonds is 6. The molecule has 0 fully saturated rings. The number of carboxylic acids is 1. The number of benzene rings is 3. The van der Waals surface area contributed by atoms with E-state index in [2.05, 4.69) is 10.6 Å². The summed E-state index contributed by atoms with van der Waals surface area (Å²) in [5, 5.41) is 17.0. The lowest BCUT2D eigenvalue weighted by atomic mass is 9.95. The standard InChI is InChI=1S/C25H18N2O4S/c28-23(20-8-3-1-6-18(20)19-7-2-4-9-21(19)25(30)31)26-16-11-13-17(14-12-16)27-24(29)22-10-5-15-32-22/h1-15H,(H,26,28)(H,27,29)(H,30,31). The third-order valence-corrected chi connectivity index (χ3v) is 5.63. The molecule has 158 valence electrons. The van der Waals surface area contributed by atoms with Crippen LogP contribution in [0.2, 0.25) is 0 Å². The fourth-order valence-corrected chi connectivity index (χ4v) is 3.88. The van der Waals surface area contributed by atoms with E-state index in [-0.39, 0.29) is 17.4 Å². The van der Waals surface area contributed by atoms with E-state index in [1.165, 1.54) is 17.4 Å². The molecule has 0 spiro atoms. The maximum absolute atomic E-state index is 13.0. The fourth-order valence-electron chi connectivity index (χ4n) is 3.26. The van der Waals surface area contributed by atoms with Crippen molar-refractivity contribution in [2.45, 2.75) is 0 Å². The number of carboxylic acid groups (broad SMARTS) is 1. The predicted octanol–water partition coefficient (Wildman–Crippen LogP) is 5.62. The summed E-state index contributed by atoms with van der Waals surface area (Å²) < 4.78 is 0. The Morgan fingerprint density at radius 3 is 1.72 bits per heavy atom. The lowest BCUT2D eigenvalue weighted by molar-refractivity contribution is 0.0697. The van der Waals surface area contributed by atoms with Crippen LogP contribution in [0.5, 0.6) is 0 Å². The van der Waals surface area contributed by atoms with E-state index in [4.69, 9.17) is 0 Å². The minimum atomic E-state index is -1.06. The van der Waals surface area contributed by atoms with Gasteiger partial charge in [-0.25, -0.2) is 4.79 Å². The number of anilines is 2. The van der Waals surface area contributed by atoms with Gasteiger partial charge in [0.2, 0.25) is 0 Å². The summed E-state index contributed by atoms with van der Waals surface area (Å²) in [5.74, 6) is -1.62. The predicted molar refractivity (Wildman–Crippen MR) is 126 cm³/mol. The van der Waals surface area contributed by atoms with Crippen LogP contribution in [0.15, 0.2) is 90.3 Å². The molecule has 1 heterocycles. The second-order valence-corrected chi connectivity index (χ2v) is 7.81. The van der Waals surface area contributed by atoms with Crippen molar-refractivity contribution in [3.8, 4) is 11.1 Å². The molecule has 0 aliphatic rings. The normalized spacial score (nSPS) is 10.4. The van der Waals surface area contributed by atoms with Crippen LogP contribution in [-0.2, 0) is 0 Å². The third-order valence-electron chi connectivity index (χ3n) is 4.76. The van der Waals surface area contributed by atoms with Gasteiger partial charge in [-0.2, -0.15) is 0 Å². The first-order valence-corrected chi connectivity index (χ1v) is 10.6. The SMILES string of the molecule is O=C(Nc1ccc(NC(=O)c2ccccc2-c2ccccc2C(=O)O)cc1)c1cccs1. The molecule has 4 rings (SSSR count). The van der Waals surface area contributed by atoms with Gasteiger partial charge in [-0.05, 0) is 59.0 Å². The molecule has 0 radical (unpaired) electrons. The van der Waals surface area contributed by atoms with Crippen molar-refractivity contribution in [1.29, 1.82) is 0 Å². The first-order valence-electron chi connectivity index (χ1n) is 9.71. The molecule has 0 aliphatic carbocycles. The number of nitrogens with one attached hydrogen (secondary N) is 2. The molecule has 3 aromatic carbocycles. The second-order valence-electron chi connectivity index (χ2n) is 6.86. The zero-order valence-electron chi connectivity index (χ0n) is 16.7. The van der Waals surface area contributed by atoms with Crippen molar-refractivity contribution < 1.29 is 19.5 Å². The fraction of sp³-hybridized carbons (Fsp3) is 0. The van der Waals surface area contributed by atoms with Crippen LogP contribution in [-0.4, -0.2) is 22.9 Å². The maximum atomic E-state index is 13.0. The van der Waals surface area contributed by atoms with E-state index in [0.29, 0.717) is 32.9 Å². The summed E-state index contributed by atoms with van der Waals surface area (Å²) in [6.07, 6.45) is 0. The monoisotopic (exact) mass is 442 g/mol. The highest BCUT2D eigenvalue weighted by Crippen LogP contribution is 2.28. The molecule has 0 saturated carbocycles. The number of carbonyl (C=O) groups excluding carboxylic acids is 2. The maximum Gasteiger partial charge on any atom is 0.336 e. The first-order chi connectivity index (χ1) is 15.5.